The molecule has 2 amide bonds. The maximum atomic E-state index is 13.0. The Kier molecular flexibility index (Phi) is 4.59. The summed E-state index contributed by atoms with van der Waals surface area (Å²) >= 11 is 0. The van der Waals surface area contributed by atoms with Crippen molar-refractivity contribution in [2.24, 2.45) is 0 Å². The fourth-order valence-corrected chi connectivity index (χ4v) is 4.10. The average Bonchev–Trinajstić information content (AvgIpc) is 3.38. The van der Waals surface area contributed by atoms with Crippen LogP contribution in [-0.2, 0) is 4.79 Å². The van der Waals surface area contributed by atoms with Gasteiger partial charge in [-0.15, -0.1) is 10.2 Å². The van der Waals surface area contributed by atoms with Crippen LogP contribution in [0.15, 0.2) is 18.3 Å². The highest BCUT2D eigenvalue weighted by molar-refractivity contribution is 5.94. The normalized spacial score (nSPS) is 23.0. The summed E-state index contributed by atoms with van der Waals surface area (Å²) in [5.41, 5.74) is 1.39. The molecule has 2 atom stereocenters. The highest BCUT2D eigenvalue weighted by atomic mass is 16.2. The standard InChI is InChI=1S/C19H26N6O2/c1-13(26)23-8-6-14(10-23)18-21-20-17-5-4-15(11-25(17)18)19(27)24-9-7-16(12-24)22(2)3/h4-5,11,14,16H,6-10,12H2,1-3H3. The molecule has 2 aliphatic rings. The molecule has 4 rings (SSSR count). The molecular formula is C19H26N6O2. The number of amides is 2. The van der Waals surface area contributed by atoms with E-state index < -0.39 is 0 Å². The summed E-state index contributed by atoms with van der Waals surface area (Å²) in [6, 6.07) is 4.09. The molecule has 0 saturated carbocycles. The Balaban J connectivity index is 1.57. The first-order valence-electron chi connectivity index (χ1n) is 9.50. The second kappa shape index (κ2) is 6.92. The number of carbonyl (C=O) groups excluding carboxylic acids is 2. The second-order valence-electron chi connectivity index (χ2n) is 7.81. The predicted octanol–water partition coefficient (Wildman–Crippen LogP) is 0.841. The van der Waals surface area contributed by atoms with Gasteiger partial charge in [-0.3, -0.25) is 14.0 Å². The molecule has 0 bridgehead atoms. The van der Waals surface area contributed by atoms with E-state index in [1.54, 1.807) is 6.92 Å². The van der Waals surface area contributed by atoms with Crippen LogP contribution in [0.2, 0.25) is 0 Å². The number of carbonyl (C=O) groups is 2. The lowest BCUT2D eigenvalue weighted by Gasteiger charge is -2.20. The van der Waals surface area contributed by atoms with Crippen molar-refractivity contribution in [2.75, 3.05) is 40.3 Å². The van der Waals surface area contributed by atoms with Crippen LogP contribution in [0.1, 0.15) is 41.9 Å². The molecule has 2 aliphatic heterocycles. The molecule has 2 unspecified atom stereocenters. The number of likely N-dealkylation sites (N-methyl/N-ethyl adjacent to an activating group) is 1. The van der Waals surface area contributed by atoms with E-state index in [9.17, 15) is 9.59 Å². The molecule has 0 N–H and O–H groups in total. The predicted molar refractivity (Wildman–Crippen MR) is 101 cm³/mol. The quantitative estimate of drug-likeness (QED) is 0.801. The van der Waals surface area contributed by atoms with Crippen LogP contribution in [-0.4, -0.2) is 87.4 Å². The zero-order valence-corrected chi connectivity index (χ0v) is 16.1. The van der Waals surface area contributed by atoms with Crippen molar-refractivity contribution in [1.29, 1.82) is 0 Å². The summed E-state index contributed by atoms with van der Waals surface area (Å²) in [6.45, 7) is 4.54. The maximum absolute atomic E-state index is 13.0. The molecule has 0 aliphatic carbocycles. The van der Waals surface area contributed by atoms with Gasteiger partial charge in [-0.2, -0.15) is 0 Å². The zero-order chi connectivity index (χ0) is 19.1. The number of fused-ring (bicyclic) bond motifs is 1. The molecule has 2 aromatic heterocycles. The minimum atomic E-state index is 0.0534. The van der Waals surface area contributed by atoms with Gasteiger partial charge in [0.15, 0.2) is 5.65 Å². The van der Waals surface area contributed by atoms with Crippen LogP contribution >= 0.6 is 0 Å². The topological polar surface area (TPSA) is 74.0 Å². The van der Waals surface area contributed by atoms with E-state index in [-0.39, 0.29) is 17.7 Å². The molecule has 0 aromatic carbocycles. The molecule has 144 valence electrons. The van der Waals surface area contributed by atoms with Crippen molar-refractivity contribution in [2.45, 2.75) is 31.7 Å². The minimum absolute atomic E-state index is 0.0534. The Hall–Kier alpha value is -2.48. The number of rotatable bonds is 3. The molecule has 0 spiro atoms. The first-order chi connectivity index (χ1) is 12.9. The van der Waals surface area contributed by atoms with E-state index in [4.69, 9.17) is 0 Å². The lowest BCUT2D eigenvalue weighted by Crippen LogP contribution is -2.34. The lowest BCUT2D eigenvalue weighted by atomic mass is 10.1. The van der Waals surface area contributed by atoms with Crippen molar-refractivity contribution in [3.8, 4) is 0 Å². The Morgan fingerprint density at radius 1 is 1.07 bits per heavy atom. The van der Waals surface area contributed by atoms with E-state index >= 15 is 0 Å². The molecule has 8 heteroatoms. The highest BCUT2D eigenvalue weighted by Crippen LogP contribution is 2.27. The summed E-state index contributed by atoms with van der Waals surface area (Å²) in [6.07, 6.45) is 3.73. The molecule has 27 heavy (non-hydrogen) atoms. The first kappa shape index (κ1) is 17.9. The van der Waals surface area contributed by atoms with Crippen LogP contribution in [0.4, 0.5) is 0 Å². The van der Waals surface area contributed by atoms with Crippen LogP contribution in [0.3, 0.4) is 0 Å². The van der Waals surface area contributed by atoms with Crippen molar-refractivity contribution in [1.82, 2.24) is 29.3 Å². The fraction of sp³-hybridized carbons (Fsp3) is 0.579. The Morgan fingerprint density at radius 2 is 1.85 bits per heavy atom. The molecular weight excluding hydrogens is 344 g/mol. The SMILES string of the molecule is CC(=O)N1CCC(c2nnc3ccc(C(=O)N4CCC(N(C)C)C4)cn23)C1. The fourth-order valence-electron chi connectivity index (χ4n) is 4.10. The largest absolute Gasteiger partial charge is 0.342 e. The van der Waals surface area contributed by atoms with Crippen LogP contribution in [0.5, 0.6) is 0 Å². The lowest BCUT2D eigenvalue weighted by molar-refractivity contribution is -0.127. The van der Waals surface area contributed by atoms with Crippen molar-refractivity contribution in [3.05, 3.63) is 29.7 Å². The summed E-state index contributed by atoms with van der Waals surface area (Å²) < 4.78 is 1.92. The first-order valence-corrected chi connectivity index (χ1v) is 9.50. The molecule has 2 aromatic rings. The monoisotopic (exact) mass is 370 g/mol. The Bertz CT molecular complexity index is 876. The van der Waals surface area contributed by atoms with Gasteiger partial charge in [0.05, 0.1) is 5.56 Å². The van der Waals surface area contributed by atoms with Gasteiger partial charge in [0.25, 0.3) is 5.91 Å². The van der Waals surface area contributed by atoms with Gasteiger partial charge in [-0.05, 0) is 39.1 Å². The number of aromatic nitrogens is 3. The van der Waals surface area contributed by atoms with Crippen molar-refractivity contribution in [3.63, 3.8) is 0 Å². The number of hydrogen-bond acceptors (Lipinski definition) is 5. The van der Waals surface area contributed by atoms with Gasteiger partial charge >= 0.3 is 0 Å². The molecule has 8 nitrogen and oxygen atoms in total. The third-order valence-electron chi connectivity index (χ3n) is 5.86. The van der Waals surface area contributed by atoms with Gasteiger partial charge in [0, 0.05) is 51.3 Å². The zero-order valence-electron chi connectivity index (χ0n) is 16.1. The summed E-state index contributed by atoms with van der Waals surface area (Å²) in [5.74, 6) is 1.12. The van der Waals surface area contributed by atoms with E-state index in [1.165, 1.54) is 0 Å². The van der Waals surface area contributed by atoms with E-state index in [2.05, 4.69) is 29.2 Å². The highest BCUT2D eigenvalue weighted by Gasteiger charge is 2.30. The maximum Gasteiger partial charge on any atom is 0.255 e. The smallest absolute Gasteiger partial charge is 0.255 e. The Morgan fingerprint density at radius 3 is 2.52 bits per heavy atom. The molecule has 4 heterocycles. The van der Waals surface area contributed by atoms with E-state index in [0.717, 1.165) is 43.9 Å². The van der Waals surface area contributed by atoms with Gasteiger partial charge in [0.1, 0.15) is 5.82 Å². The number of hydrogen-bond donors (Lipinski definition) is 0. The third-order valence-corrected chi connectivity index (χ3v) is 5.86. The van der Waals surface area contributed by atoms with Crippen LogP contribution in [0.25, 0.3) is 5.65 Å². The second-order valence-corrected chi connectivity index (χ2v) is 7.81. The Labute approximate surface area is 158 Å². The van der Waals surface area contributed by atoms with Gasteiger partial charge in [0.2, 0.25) is 5.91 Å². The van der Waals surface area contributed by atoms with Gasteiger partial charge < -0.3 is 14.7 Å². The average molecular weight is 370 g/mol. The van der Waals surface area contributed by atoms with Crippen LogP contribution in [0, 0.1) is 0 Å². The summed E-state index contributed by atoms with van der Waals surface area (Å²) in [7, 11) is 4.11. The van der Waals surface area contributed by atoms with E-state index in [1.807, 2.05) is 32.5 Å². The summed E-state index contributed by atoms with van der Waals surface area (Å²) in [4.78, 5) is 30.5. The van der Waals surface area contributed by atoms with Gasteiger partial charge in [-0.1, -0.05) is 0 Å². The molecule has 0 radical (unpaired) electrons. The van der Waals surface area contributed by atoms with Crippen LogP contribution < -0.4 is 0 Å². The van der Waals surface area contributed by atoms with E-state index in [0.29, 0.717) is 18.2 Å². The third kappa shape index (κ3) is 3.29. The molecule has 2 fully saturated rings. The molecule has 2 saturated heterocycles. The minimum Gasteiger partial charge on any atom is -0.342 e. The number of likely N-dealkylation sites (tertiary alicyclic amines) is 2. The summed E-state index contributed by atoms with van der Waals surface area (Å²) in [5, 5.41) is 8.59. The van der Waals surface area contributed by atoms with Crippen molar-refractivity contribution < 1.29 is 9.59 Å². The van der Waals surface area contributed by atoms with Crippen molar-refractivity contribution >= 4 is 17.5 Å². The number of pyridine rings is 1. The number of nitrogens with zero attached hydrogens (tertiary/aromatic N) is 6. The van der Waals surface area contributed by atoms with Gasteiger partial charge in [-0.25, -0.2) is 0 Å².